The fraction of sp³-hybridized carbons (Fsp3) is 0.280. The van der Waals surface area contributed by atoms with Crippen molar-refractivity contribution < 1.29 is 14.3 Å². The molecule has 3 aromatic heterocycles. The number of hydrogen-bond donors (Lipinski definition) is 2. The molecule has 1 aliphatic heterocycles. The van der Waals surface area contributed by atoms with Gasteiger partial charge in [-0.2, -0.15) is 0 Å². The van der Waals surface area contributed by atoms with E-state index in [-0.39, 0.29) is 34.6 Å². The molecule has 0 unspecified atom stereocenters. The molecule has 174 valence electrons. The van der Waals surface area contributed by atoms with Crippen LogP contribution in [0.3, 0.4) is 0 Å². The Labute approximate surface area is 195 Å². The Balaban J connectivity index is 1.57. The number of benzene rings is 1. The van der Waals surface area contributed by atoms with Crippen LogP contribution in [0.1, 0.15) is 28.8 Å². The summed E-state index contributed by atoms with van der Waals surface area (Å²) in [6.45, 7) is 1.29. The second-order valence-electron chi connectivity index (χ2n) is 8.27. The third kappa shape index (κ3) is 4.06. The van der Waals surface area contributed by atoms with E-state index in [2.05, 4.69) is 10.3 Å². The van der Waals surface area contributed by atoms with E-state index in [9.17, 15) is 9.59 Å². The summed E-state index contributed by atoms with van der Waals surface area (Å²) in [6, 6.07) is 14.1. The van der Waals surface area contributed by atoms with Gasteiger partial charge in [0.25, 0.3) is 11.5 Å². The minimum atomic E-state index is -0.429. The van der Waals surface area contributed by atoms with Crippen molar-refractivity contribution in [3.63, 3.8) is 0 Å². The third-order valence-electron chi connectivity index (χ3n) is 6.09. The van der Waals surface area contributed by atoms with E-state index in [0.29, 0.717) is 24.4 Å². The summed E-state index contributed by atoms with van der Waals surface area (Å²) in [7, 11) is 1.60. The van der Waals surface area contributed by atoms with Gasteiger partial charge < -0.3 is 19.4 Å². The minimum Gasteiger partial charge on any atom is -0.497 e. The van der Waals surface area contributed by atoms with Crippen LogP contribution < -0.4 is 21.1 Å². The van der Waals surface area contributed by atoms with Crippen LogP contribution in [0.15, 0.2) is 59.5 Å². The van der Waals surface area contributed by atoms with Crippen molar-refractivity contribution in [1.29, 1.82) is 5.41 Å². The van der Waals surface area contributed by atoms with E-state index >= 15 is 0 Å². The fourth-order valence-electron chi connectivity index (χ4n) is 4.25. The summed E-state index contributed by atoms with van der Waals surface area (Å²) in [4.78, 5) is 31.1. The van der Waals surface area contributed by atoms with E-state index in [1.807, 2.05) is 24.3 Å². The van der Waals surface area contributed by atoms with Crippen molar-refractivity contribution >= 4 is 22.6 Å². The smallest absolute Gasteiger partial charge is 0.267 e. The van der Waals surface area contributed by atoms with Crippen molar-refractivity contribution in [2.75, 3.05) is 13.7 Å². The predicted molar refractivity (Wildman–Crippen MR) is 126 cm³/mol. The normalized spacial score (nSPS) is 15.6. The highest BCUT2D eigenvalue weighted by molar-refractivity contribution is 5.96. The number of nitrogens with one attached hydrogen (secondary N) is 2. The quantitative estimate of drug-likeness (QED) is 0.430. The van der Waals surface area contributed by atoms with Gasteiger partial charge in [0.1, 0.15) is 22.5 Å². The van der Waals surface area contributed by atoms with Gasteiger partial charge in [0.2, 0.25) is 0 Å². The second-order valence-corrected chi connectivity index (χ2v) is 8.27. The molecule has 9 nitrogen and oxygen atoms in total. The number of carbonyl (C=O) groups excluding carboxylic acids is 1. The number of fused-ring (bicyclic) bond motifs is 2. The summed E-state index contributed by atoms with van der Waals surface area (Å²) in [5.41, 5.74) is 1.59. The van der Waals surface area contributed by atoms with Gasteiger partial charge in [-0.1, -0.05) is 18.2 Å². The van der Waals surface area contributed by atoms with Crippen LogP contribution in [-0.2, 0) is 17.8 Å². The Morgan fingerprint density at radius 2 is 2.09 bits per heavy atom. The van der Waals surface area contributed by atoms with Crippen LogP contribution in [0, 0.1) is 5.41 Å². The maximum atomic E-state index is 13.3. The van der Waals surface area contributed by atoms with Crippen molar-refractivity contribution in [2.24, 2.45) is 0 Å². The summed E-state index contributed by atoms with van der Waals surface area (Å²) in [5, 5.41) is 12.0. The van der Waals surface area contributed by atoms with Gasteiger partial charge in [0.15, 0.2) is 0 Å². The molecule has 34 heavy (non-hydrogen) atoms. The Bertz CT molecular complexity index is 1480. The second kappa shape index (κ2) is 9.11. The number of rotatable bonds is 6. The van der Waals surface area contributed by atoms with Crippen LogP contribution in [0.5, 0.6) is 5.75 Å². The standard InChI is InChI=1S/C25H25N5O4/c1-33-17-9-7-16(8-10-17)14-27-24(31)19-13-20-23(28-21-6-2-3-11-29(21)25(20)32)30(22(19)26)15-18-5-4-12-34-18/h2-3,6-11,13,18,26H,4-5,12,14-15H2,1H3,(H,27,31)/t18-/m1/s1. The molecule has 0 saturated carbocycles. The van der Waals surface area contributed by atoms with Crippen molar-refractivity contribution in [1.82, 2.24) is 19.3 Å². The van der Waals surface area contributed by atoms with E-state index in [4.69, 9.17) is 14.9 Å². The first-order chi connectivity index (χ1) is 16.5. The zero-order valence-corrected chi connectivity index (χ0v) is 18.8. The summed E-state index contributed by atoms with van der Waals surface area (Å²) in [6.07, 6.45) is 3.35. The van der Waals surface area contributed by atoms with Gasteiger partial charge in [0.05, 0.1) is 30.7 Å². The molecule has 4 heterocycles. The SMILES string of the molecule is COc1ccc(CNC(=O)c2cc3c(=O)n4ccccc4nc3n(C[C@H]3CCCO3)c2=N)cc1. The van der Waals surface area contributed by atoms with Crippen LogP contribution in [-0.4, -0.2) is 39.7 Å². The van der Waals surface area contributed by atoms with Gasteiger partial charge in [-0.25, -0.2) is 4.98 Å². The van der Waals surface area contributed by atoms with Crippen LogP contribution in [0.25, 0.3) is 16.7 Å². The zero-order chi connectivity index (χ0) is 23.7. The molecule has 4 aromatic rings. The topological polar surface area (TPSA) is 111 Å². The van der Waals surface area contributed by atoms with Crippen molar-refractivity contribution in [3.8, 4) is 5.75 Å². The molecule has 0 spiro atoms. The summed E-state index contributed by atoms with van der Waals surface area (Å²) in [5.74, 6) is 0.301. The average molecular weight is 460 g/mol. The molecule has 0 bridgehead atoms. The maximum absolute atomic E-state index is 13.3. The molecule has 0 radical (unpaired) electrons. The molecule has 1 atom stereocenters. The number of ether oxygens (including phenoxy) is 2. The largest absolute Gasteiger partial charge is 0.497 e. The Morgan fingerprint density at radius 3 is 2.82 bits per heavy atom. The molecular weight excluding hydrogens is 434 g/mol. The Kier molecular flexibility index (Phi) is 5.85. The van der Waals surface area contributed by atoms with E-state index in [1.165, 1.54) is 10.5 Å². The molecule has 1 aromatic carbocycles. The minimum absolute atomic E-state index is 0.00223. The maximum Gasteiger partial charge on any atom is 0.267 e. The number of aromatic nitrogens is 3. The number of nitrogens with zero attached hydrogens (tertiary/aromatic N) is 3. The molecule has 5 rings (SSSR count). The number of methoxy groups -OCH3 is 1. The molecule has 1 aliphatic rings. The van der Waals surface area contributed by atoms with Gasteiger partial charge in [-0.3, -0.25) is 19.4 Å². The highest BCUT2D eigenvalue weighted by atomic mass is 16.5. The van der Waals surface area contributed by atoms with Crippen molar-refractivity contribution in [2.45, 2.75) is 32.0 Å². The Morgan fingerprint density at radius 1 is 1.26 bits per heavy atom. The lowest BCUT2D eigenvalue weighted by molar-refractivity contribution is 0.0931. The van der Waals surface area contributed by atoms with Crippen LogP contribution in [0.4, 0.5) is 0 Å². The Hall–Kier alpha value is -3.98. The molecule has 1 saturated heterocycles. The lowest BCUT2D eigenvalue weighted by atomic mass is 10.1. The van der Waals surface area contributed by atoms with Gasteiger partial charge in [-0.15, -0.1) is 0 Å². The molecule has 9 heteroatoms. The zero-order valence-electron chi connectivity index (χ0n) is 18.8. The van der Waals surface area contributed by atoms with E-state index < -0.39 is 5.91 Å². The highest BCUT2D eigenvalue weighted by Crippen LogP contribution is 2.17. The molecule has 0 aliphatic carbocycles. The number of amides is 1. The fourth-order valence-corrected chi connectivity index (χ4v) is 4.25. The lowest BCUT2D eigenvalue weighted by Gasteiger charge is -2.17. The number of hydrogen-bond acceptors (Lipinski definition) is 6. The van der Waals surface area contributed by atoms with E-state index in [1.54, 1.807) is 36.1 Å². The summed E-state index contributed by atoms with van der Waals surface area (Å²) < 4.78 is 14.0. The molecule has 1 fully saturated rings. The molecule has 1 amide bonds. The highest BCUT2D eigenvalue weighted by Gasteiger charge is 2.22. The summed E-state index contributed by atoms with van der Waals surface area (Å²) >= 11 is 0. The number of pyridine rings is 2. The van der Waals surface area contributed by atoms with Gasteiger partial charge in [0, 0.05) is 19.3 Å². The van der Waals surface area contributed by atoms with E-state index in [0.717, 1.165) is 24.2 Å². The van der Waals surface area contributed by atoms with Gasteiger partial charge >= 0.3 is 0 Å². The molecule has 2 N–H and O–H groups in total. The third-order valence-corrected chi connectivity index (χ3v) is 6.09. The lowest BCUT2D eigenvalue weighted by Crippen LogP contribution is -2.36. The molecular formula is C25H25N5O4. The first kappa shape index (κ1) is 21.8. The van der Waals surface area contributed by atoms with Crippen LogP contribution >= 0.6 is 0 Å². The first-order valence-corrected chi connectivity index (χ1v) is 11.2. The van der Waals surface area contributed by atoms with Crippen LogP contribution in [0.2, 0.25) is 0 Å². The monoisotopic (exact) mass is 459 g/mol. The average Bonchev–Trinajstić information content (AvgIpc) is 3.38. The number of carbonyl (C=O) groups is 1. The van der Waals surface area contributed by atoms with Gasteiger partial charge in [-0.05, 0) is 48.7 Å². The predicted octanol–water partition coefficient (Wildman–Crippen LogP) is 2.25. The van der Waals surface area contributed by atoms with Crippen molar-refractivity contribution in [3.05, 3.63) is 81.7 Å². The first-order valence-electron chi connectivity index (χ1n) is 11.2.